The van der Waals surface area contributed by atoms with E-state index in [1.807, 2.05) is 13.0 Å². The summed E-state index contributed by atoms with van der Waals surface area (Å²) >= 11 is 1.40. The number of nitrogens with one attached hydrogen (secondary N) is 3. The number of rotatable bonds is 5. The minimum absolute atomic E-state index is 0.114. The summed E-state index contributed by atoms with van der Waals surface area (Å²) in [5, 5.41) is 3.16. The largest absolute Gasteiger partial charge is 0.353 e. The second-order valence-electron chi connectivity index (χ2n) is 8.18. The van der Waals surface area contributed by atoms with Crippen molar-refractivity contribution in [3.63, 3.8) is 0 Å². The summed E-state index contributed by atoms with van der Waals surface area (Å²) in [6, 6.07) is 3.80. The van der Waals surface area contributed by atoms with Crippen molar-refractivity contribution in [3.8, 4) is 0 Å². The Hall–Kier alpha value is -1.89. The van der Waals surface area contributed by atoms with Gasteiger partial charge in [0.2, 0.25) is 11.8 Å². The number of hydrogen-bond donors (Lipinski definition) is 3. The highest BCUT2D eigenvalue weighted by Crippen LogP contribution is 2.27. The normalized spacial score (nSPS) is 23.0. The summed E-state index contributed by atoms with van der Waals surface area (Å²) < 4.78 is 0. The summed E-state index contributed by atoms with van der Waals surface area (Å²) in [5.41, 5.74) is 5.05. The molecular formula is C21H31N3O3S. The van der Waals surface area contributed by atoms with E-state index in [2.05, 4.69) is 16.2 Å². The van der Waals surface area contributed by atoms with Gasteiger partial charge in [0.05, 0.1) is 4.88 Å². The van der Waals surface area contributed by atoms with E-state index in [0.29, 0.717) is 17.2 Å². The van der Waals surface area contributed by atoms with Crippen molar-refractivity contribution in [2.24, 2.45) is 11.8 Å². The van der Waals surface area contributed by atoms with Crippen LogP contribution >= 0.6 is 11.3 Å². The molecule has 1 aromatic rings. The Balaban J connectivity index is 1.34. The molecule has 2 saturated carbocycles. The number of hydrogen-bond acceptors (Lipinski definition) is 4. The van der Waals surface area contributed by atoms with E-state index in [-0.39, 0.29) is 29.7 Å². The molecule has 0 radical (unpaired) electrons. The number of hydrazine groups is 1. The molecule has 0 saturated heterocycles. The molecule has 0 spiro atoms. The lowest BCUT2D eigenvalue weighted by atomic mass is 9.84. The first-order chi connectivity index (χ1) is 13.5. The van der Waals surface area contributed by atoms with E-state index in [9.17, 15) is 14.4 Å². The highest BCUT2D eigenvalue weighted by molar-refractivity contribution is 7.13. The predicted molar refractivity (Wildman–Crippen MR) is 110 cm³/mol. The van der Waals surface area contributed by atoms with Crippen molar-refractivity contribution in [1.82, 2.24) is 16.2 Å². The minimum atomic E-state index is -0.282. The van der Waals surface area contributed by atoms with Crippen molar-refractivity contribution in [1.29, 1.82) is 0 Å². The number of amides is 3. The second-order valence-corrected chi connectivity index (χ2v) is 9.47. The Labute approximate surface area is 170 Å². The Morgan fingerprint density at radius 3 is 2.32 bits per heavy atom. The lowest BCUT2D eigenvalue weighted by molar-refractivity contribution is -0.127. The highest BCUT2D eigenvalue weighted by atomic mass is 32.1. The zero-order valence-corrected chi connectivity index (χ0v) is 17.4. The fourth-order valence-corrected chi connectivity index (χ4v) is 5.04. The van der Waals surface area contributed by atoms with Gasteiger partial charge in [0.25, 0.3) is 5.91 Å². The maximum absolute atomic E-state index is 12.3. The Kier molecular flexibility index (Phi) is 7.48. The fourth-order valence-electron chi connectivity index (χ4n) is 4.28. The zero-order valence-electron chi connectivity index (χ0n) is 16.6. The molecule has 0 aromatic carbocycles. The van der Waals surface area contributed by atoms with Crippen LogP contribution in [0.15, 0.2) is 12.1 Å². The van der Waals surface area contributed by atoms with Crippen molar-refractivity contribution in [2.45, 2.75) is 77.2 Å². The van der Waals surface area contributed by atoms with Crippen LogP contribution in [0.2, 0.25) is 0 Å². The molecule has 2 fully saturated rings. The van der Waals surface area contributed by atoms with Gasteiger partial charge in [0, 0.05) is 23.3 Å². The van der Waals surface area contributed by atoms with Gasteiger partial charge in [0.15, 0.2) is 0 Å². The van der Waals surface area contributed by atoms with E-state index in [4.69, 9.17) is 0 Å². The summed E-state index contributed by atoms with van der Waals surface area (Å²) in [7, 11) is 0. The van der Waals surface area contributed by atoms with E-state index in [1.165, 1.54) is 43.4 Å². The third kappa shape index (κ3) is 6.06. The molecule has 3 amide bonds. The third-order valence-corrected chi connectivity index (χ3v) is 6.92. The molecule has 2 aliphatic carbocycles. The van der Waals surface area contributed by atoms with Crippen LogP contribution in [0.25, 0.3) is 0 Å². The van der Waals surface area contributed by atoms with Gasteiger partial charge in [0.1, 0.15) is 0 Å². The summed E-state index contributed by atoms with van der Waals surface area (Å²) in [4.78, 5) is 38.3. The van der Waals surface area contributed by atoms with Crippen LogP contribution in [0.1, 0.15) is 78.8 Å². The minimum Gasteiger partial charge on any atom is -0.353 e. The molecule has 0 atom stereocenters. The molecule has 3 rings (SSSR count). The molecule has 0 unspecified atom stereocenters. The van der Waals surface area contributed by atoms with Gasteiger partial charge in [-0.2, -0.15) is 0 Å². The maximum atomic E-state index is 12.3. The molecule has 6 nitrogen and oxygen atoms in total. The van der Waals surface area contributed by atoms with Crippen molar-refractivity contribution < 1.29 is 14.4 Å². The number of carbonyl (C=O) groups excluding carboxylic acids is 3. The first kappa shape index (κ1) is 20.8. The topological polar surface area (TPSA) is 87.3 Å². The summed E-state index contributed by atoms with van der Waals surface area (Å²) in [6.45, 7) is 1.94. The van der Waals surface area contributed by atoms with Gasteiger partial charge in [-0.25, -0.2) is 0 Å². The first-order valence-corrected chi connectivity index (χ1v) is 11.3. The standard InChI is InChI=1S/C21H31N3O3S/c1-14-7-12-18(28-14)21(27)24-23-20(26)16-8-10-17(11-9-16)22-19(25)13-15-5-3-2-4-6-15/h7,12,15-17H,2-6,8-11,13H2,1H3,(H,22,25)(H,23,26)(H,24,27). The van der Waals surface area contributed by atoms with E-state index >= 15 is 0 Å². The van der Waals surface area contributed by atoms with Crippen LogP contribution in [0, 0.1) is 18.8 Å². The third-order valence-electron chi connectivity index (χ3n) is 5.93. The first-order valence-electron chi connectivity index (χ1n) is 10.5. The van der Waals surface area contributed by atoms with Crippen LogP contribution in [0.4, 0.5) is 0 Å². The van der Waals surface area contributed by atoms with Crippen LogP contribution in [-0.4, -0.2) is 23.8 Å². The van der Waals surface area contributed by atoms with Gasteiger partial charge >= 0.3 is 0 Å². The number of carbonyl (C=O) groups is 3. The molecular weight excluding hydrogens is 374 g/mol. The lowest BCUT2D eigenvalue weighted by Crippen LogP contribution is -2.46. The second kappa shape index (κ2) is 10.0. The number of aryl methyl sites for hydroxylation is 1. The number of thiophene rings is 1. The average molecular weight is 406 g/mol. The Morgan fingerprint density at radius 2 is 1.68 bits per heavy atom. The van der Waals surface area contributed by atoms with Crippen LogP contribution in [-0.2, 0) is 9.59 Å². The monoisotopic (exact) mass is 405 g/mol. The maximum Gasteiger partial charge on any atom is 0.279 e. The molecule has 154 valence electrons. The lowest BCUT2D eigenvalue weighted by Gasteiger charge is -2.29. The highest BCUT2D eigenvalue weighted by Gasteiger charge is 2.28. The predicted octanol–water partition coefficient (Wildman–Crippen LogP) is 3.46. The van der Waals surface area contributed by atoms with E-state index < -0.39 is 0 Å². The van der Waals surface area contributed by atoms with Gasteiger partial charge in [-0.3, -0.25) is 25.2 Å². The molecule has 28 heavy (non-hydrogen) atoms. The molecule has 3 N–H and O–H groups in total. The molecule has 7 heteroatoms. The van der Waals surface area contributed by atoms with Gasteiger partial charge in [-0.15, -0.1) is 11.3 Å². The van der Waals surface area contributed by atoms with E-state index in [0.717, 1.165) is 30.6 Å². The Morgan fingerprint density at radius 1 is 0.964 bits per heavy atom. The molecule has 0 bridgehead atoms. The van der Waals surface area contributed by atoms with Crippen LogP contribution in [0.3, 0.4) is 0 Å². The zero-order chi connectivity index (χ0) is 19.9. The SMILES string of the molecule is Cc1ccc(C(=O)NNC(=O)C2CCC(NC(=O)CC3CCCCC3)CC2)s1. The van der Waals surface area contributed by atoms with E-state index in [1.54, 1.807) is 6.07 Å². The van der Waals surface area contributed by atoms with Crippen LogP contribution < -0.4 is 16.2 Å². The van der Waals surface area contributed by atoms with Gasteiger partial charge in [-0.05, 0) is 63.5 Å². The summed E-state index contributed by atoms with van der Waals surface area (Å²) in [6.07, 6.45) is 9.89. The molecule has 2 aliphatic rings. The Bertz CT molecular complexity index is 689. The van der Waals surface area contributed by atoms with Gasteiger partial charge in [-0.1, -0.05) is 19.3 Å². The van der Waals surface area contributed by atoms with Gasteiger partial charge < -0.3 is 5.32 Å². The van der Waals surface area contributed by atoms with Crippen LogP contribution in [0.5, 0.6) is 0 Å². The quantitative estimate of drug-likeness (QED) is 0.656. The molecule has 1 aromatic heterocycles. The smallest absolute Gasteiger partial charge is 0.279 e. The summed E-state index contributed by atoms with van der Waals surface area (Å²) in [5.74, 6) is 0.172. The van der Waals surface area contributed by atoms with Crippen molar-refractivity contribution in [2.75, 3.05) is 0 Å². The average Bonchev–Trinajstić information content (AvgIpc) is 3.13. The van der Waals surface area contributed by atoms with Crippen molar-refractivity contribution >= 4 is 29.1 Å². The molecule has 0 aliphatic heterocycles. The molecule has 1 heterocycles. The van der Waals surface area contributed by atoms with Crippen molar-refractivity contribution in [3.05, 3.63) is 21.9 Å². The fraction of sp³-hybridized carbons (Fsp3) is 0.667.